The Kier molecular flexibility index (Phi) is 14.0. The van der Waals surface area contributed by atoms with Gasteiger partial charge >= 0.3 is 266 Å². The minimum atomic E-state index is -2.28. The molecule has 0 saturated heterocycles. The summed E-state index contributed by atoms with van der Waals surface area (Å²) in [5.74, 6) is 20.6. The fourth-order valence-corrected chi connectivity index (χ4v) is 16.7. The molecular formula is C33H62Ge3O6. The van der Waals surface area contributed by atoms with E-state index in [0.29, 0.717) is 27.1 Å². The van der Waals surface area contributed by atoms with Gasteiger partial charge in [0, 0.05) is 0 Å². The predicted molar refractivity (Wildman–Crippen MR) is 179 cm³/mol. The molecule has 0 radical (unpaired) electrons. The van der Waals surface area contributed by atoms with Crippen molar-refractivity contribution in [1.29, 1.82) is 0 Å². The van der Waals surface area contributed by atoms with Gasteiger partial charge in [-0.2, -0.15) is 0 Å². The van der Waals surface area contributed by atoms with Crippen LogP contribution in [0, 0.1) is 17.8 Å². The van der Waals surface area contributed by atoms with Crippen molar-refractivity contribution < 1.29 is 28.6 Å². The Balaban J connectivity index is 1.51. The van der Waals surface area contributed by atoms with Gasteiger partial charge in [0.25, 0.3) is 0 Å². The molecule has 0 atom stereocenters. The van der Waals surface area contributed by atoms with E-state index in [1.165, 1.54) is 0 Å². The molecule has 3 fully saturated rings. The zero-order chi connectivity index (χ0) is 31.3. The molecule has 0 heterocycles. The van der Waals surface area contributed by atoms with Crippen LogP contribution in [0.1, 0.15) is 77.0 Å². The summed E-state index contributed by atoms with van der Waals surface area (Å²) >= 11 is -6.82. The fraction of sp³-hybridized carbons (Fsp3) is 0.909. The van der Waals surface area contributed by atoms with E-state index in [9.17, 15) is 14.4 Å². The number of hydrogen-bond acceptors (Lipinski definition) is 6. The first-order valence-corrected chi connectivity index (χ1v) is 39.0. The molecule has 3 rings (SSSR count). The van der Waals surface area contributed by atoms with Crippen LogP contribution in [0.4, 0.5) is 0 Å². The topological polar surface area (TPSA) is 78.9 Å². The Hall–Kier alpha value is 0.519. The van der Waals surface area contributed by atoms with Crippen molar-refractivity contribution in [3.05, 3.63) is 0 Å². The SMILES string of the molecule is [CH3][Ge]([CH3])([CH3])[C](=O)C1CCC(OCC(COC2CCC([C](=O)[Ge]([CH3])([CH3])[CH3])CC2)OC2CCC([C](=O)[Ge]([CH3])([CH3])[CH3])CC2)CC1. The van der Waals surface area contributed by atoms with Crippen molar-refractivity contribution in [3.63, 3.8) is 0 Å². The quantitative estimate of drug-likeness (QED) is 0.171. The summed E-state index contributed by atoms with van der Waals surface area (Å²) in [4.78, 5) is 38.6. The van der Waals surface area contributed by atoms with Gasteiger partial charge in [-0.15, -0.1) is 0 Å². The van der Waals surface area contributed by atoms with Crippen LogP contribution in [0.3, 0.4) is 0 Å². The van der Waals surface area contributed by atoms with E-state index in [0.717, 1.165) is 77.0 Å². The van der Waals surface area contributed by atoms with Crippen molar-refractivity contribution in [1.82, 2.24) is 0 Å². The van der Waals surface area contributed by atoms with Gasteiger partial charge in [-0.05, 0) is 0 Å². The first-order valence-electron chi connectivity index (χ1n) is 17.0. The first kappa shape index (κ1) is 37.0. The van der Waals surface area contributed by atoms with Crippen molar-refractivity contribution in [2.45, 2.75) is 153 Å². The van der Waals surface area contributed by atoms with Gasteiger partial charge in [0.15, 0.2) is 0 Å². The number of hydrogen-bond donors (Lipinski definition) is 0. The van der Waals surface area contributed by atoms with Gasteiger partial charge in [0.2, 0.25) is 0 Å². The Morgan fingerprint density at radius 1 is 0.476 bits per heavy atom. The van der Waals surface area contributed by atoms with Crippen LogP contribution < -0.4 is 0 Å². The summed E-state index contributed by atoms with van der Waals surface area (Å²) in [5, 5.41) is 0. The van der Waals surface area contributed by atoms with Crippen LogP contribution in [-0.2, 0) is 28.6 Å². The molecule has 0 aromatic carbocycles. The molecule has 0 amide bonds. The van der Waals surface area contributed by atoms with Gasteiger partial charge in [0.1, 0.15) is 0 Å². The first-order chi connectivity index (χ1) is 19.4. The minimum absolute atomic E-state index is 0.129. The maximum atomic E-state index is 12.9. The zero-order valence-electron chi connectivity index (χ0n) is 28.4. The molecule has 0 aromatic heterocycles. The molecule has 0 bridgehead atoms. The second kappa shape index (κ2) is 15.9. The van der Waals surface area contributed by atoms with Gasteiger partial charge in [-0.25, -0.2) is 0 Å². The Morgan fingerprint density at radius 2 is 0.738 bits per heavy atom. The van der Waals surface area contributed by atoms with E-state index < -0.39 is 39.8 Å². The number of rotatable bonds is 14. The molecule has 3 aliphatic carbocycles. The van der Waals surface area contributed by atoms with Gasteiger partial charge < -0.3 is 0 Å². The number of carbonyl (C=O) groups is 3. The van der Waals surface area contributed by atoms with E-state index in [1.807, 2.05) is 0 Å². The van der Waals surface area contributed by atoms with E-state index in [1.54, 1.807) is 0 Å². The Bertz CT molecular complexity index is 844. The van der Waals surface area contributed by atoms with E-state index in [2.05, 4.69) is 51.8 Å². The van der Waals surface area contributed by atoms with Gasteiger partial charge in [-0.3, -0.25) is 0 Å². The maximum absolute atomic E-state index is 12.9. The average molecular weight is 773 g/mol. The molecule has 42 heavy (non-hydrogen) atoms. The summed E-state index contributed by atoms with van der Waals surface area (Å²) < 4.78 is 21.2. The molecule has 242 valence electrons. The number of carbonyl (C=O) groups excluding carboxylic acids is 3. The van der Waals surface area contributed by atoms with Crippen LogP contribution in [0.5, 0.6) is 0 Å². The summed E-state index contributed by atoms with van der Waals surface area (Å²) in [6.45, 7) is 1.03. The molecule has 0 N–H and O–H groups in total. The molecule has 9 heteroatoms. The van der Waals surface area contributed by atoms with Crippen LogP contribution >= 0.6 is 0 Å². The zero-order valence-corrected chi connectivity index (χ0v) is 34.7. The summed E-state index contributed by atoms with van der Waals surface area (Å²) in [5.41, 5.74) is 0. The second-order valence-electron chi connectivity index (χ2n) is 16.7. The van der Waals surface area contributed by atoms with Gasteiger partial charge in [-0.1, -0.05) is 0 Å². The molecular weight excluding hydrogens is 710 g/mol. The van der Waals surface area contributed by atoms with Crippen LogP contribution in [0.25, 0.3) is 0 Å². The van der Waals surface area contributed by atoms with Crippen molar-refractivity contribution in [2.75, 3.05) is 13.2 Å². The van der Waals surface area contributed by atoms with E-state index in [-0.39, 0.29) is 42.2 Å². The average Bonchev–Trinajstić information content (AvgIpc) is 2.92. The molecule has 0 unspecified atom stereocenters. The second-order valence-corrected chi connectivity index (χ2v) is 48.1. The fourth-order valence-electron chi connectivity index (χ4n) is 7.17. The number of ether oxygens (including phenoxy) is 3. The molecule has 6 nitrogen and oxygen atoms in total. The Morgan fingerprint density at radius 3 is 1.00 bits per heavy atom. The third-order valence-electron chi connectivity index (χ3n) is 9.77. The van der Waals surface area contributed by atoms with E-state index in [4.69, 9.17) is 14.2 Å². The van der Waals surface area contributed by atoms with Crippen LogP contribution in [0.2, 0.25) is 51.8 Å². The summed E-state index contributed by atoms with van der Waals surface area (Å²) in [6.07, 6.45) is 11.7. The van der Waals surface area contributed by atoms with Crippen molar-refractivity contribution in [3.8, 4) is 0 Å². The summed E-state index contributed by atoms with van der Waals surface area (Å²) in [7, 11) is 0. The van der Waals surface area contributed by atoms with Crippen LogP contribution in [0.15, 0.2) is 0 Å². The third kappa shape index (κ3) is 11.4. The van der Waals surface area contributed by atoms with Crippen LogP contribution in [-0.4, -0.2) is 91.3 Å². The molecule has 3 saturated carbocycles. The van der Waals surface area contributed by atoms with Crippen molar-refractivity contribution in [2.24, 2.45) is 17.8 Å². The third-order valence-corrected chi connectivity index (χ3v) is 21.6. The van der Waals surface area contributed by atoms with Crippen molar-refractivity contribution >= 4 is 53.6 Å². The van der Waals surface area contributed by atoms with Gasteiger partial charge in [0.05, 0.1) is 0 Å². The monoisotopic (exact) mass is 776 g/mol. The normalized spacial score (nSPS) is 30.5. The molecule has 3 aliphatic rings. The van der Waals surface area contributed by atoms with E-state index >= 15 is 0 Å². The summed E-state index contributed by atoms with van der Waals surface area (Å²) in [6, 6.07) is 0. The molecule has 0 aliphatic heterocycles. The standard InChI is InChI=1S/C33H62Ge3O6/c1-34(2,3)31(37)24-10-16-27(17-11-24)40-22-30(42-29-20-14-26(15-21-29)33(39)36(7,8)9)23-41-28-18-12-25(13-19-28)32(38)35(4,5)6/h24-30H,10-23H2,1-9H3. The predicted octanol–water partition coefficient (Wildman–Crippen LogP) is 7.42. The Labute approximate surface area is 265 Å². The molecule has 0 spiro atoms. The molecule has 0 aromatic rings.